The summed E-state index contributed by atoms with van der Waals surface area (Å²) in [6.45, 7) is 2.49. The van der Waals surface area contributed by atoms with Gasteiger partial charge in [0, 0.05) is 6.54 Å². The molecule has 4 nitrogen and oxygen atoms in total. The Bertz CT molecular complexity index is 171. The van der Waals surface area contributed by atoms with Crippen LogP contribution in [-0.4, -0.2) is 26.0 Å². The molecule has 0 aromatic carbocycles. The van der Waals surface area contributed by atoms with Gasteiger partial charge < -0.3 is 5.11 Å². The van der Waals surface area contributed by atoms with Crippen molar-refractivity contribution in [2.45, 2.75) is 26.0 Å². The zero-order valence-electron chi connectivity index (χ0n) is 5.94. The van der Waals surface area contributed by atoms with Gasteiger partial charge in [-0.05, 0) is 13.3 Å². The standard InChI is InChI=1S/C6H11N3O/c1-6(10)2-3-9-5-7-4-8-9/h4-6,10H,2-3H2,1H3/t6-/m0/s1. The highest BCUT2D eigenvalue weighted by molar-refractivity contribution is 4.56. The minimum atomic E-state index is -0.260. The Morgan fingerprint density at radius 2 is 2.50 bits per heavy atom. The zero-order valence-corrected chi connectivity index (χ0v) is 5.94. The van der Waals surface area contributed by atoms with Crippen molar-refractivity contribution in [2.24, 2.45) is 0 Å². The van der Waals surface area contributed by atoms with Crippen LogP contribution in [-0.2, 0) is 6.54 Å². The van der Waals surface area contributed by atoms with Crippen LogP contribution in [0, 0.1) is 0 Å². The van der Waals surface area contributed by atoms with E-state index in [1.54, 1.807) is 17.9 Å². The fourth-order valence-electron chi connectivity index (χ4n) is 0.667. The molecule has 1 N–H and O–H groups in total. The monoisotopic (exact) mass is 141 g/mol. The lowest BCUT2D eigenvalue weighted by atomic mass is 10.3. The number of hydrogen-bond acceptors (Lipinski definition) is 3. The summed E-state index contributed by atoms with van der Waals surface area (Å²) < 4.78 is 1.70. The molecule has 0 saturated carbocycles. The molecule has 0 amide bonds. The lowest BCUT2D eigenvalue weighted by Gasteiger charge is -2.01. The second kappa shape index (κ2) is 3.31. The third-order valence-corrected chi connectivity index (χ3v) is 1.24. The van der Waals surface area contributed by atoms with Gasteiger partial charge in [-0.1, -0.05) is 0 Å². The second-order valence-electron chi connectivity index (χ2n) is 2.30. The number of aromatic nitrogens is 3. The summed E-state index contributed by atoms with van der Waals surface area (Å²) in [7, 11) is 0. The molecule has 56 valence electrons. The number of nitrogens with zero attached hydrogens (tertiary/aromatic N) is 3. The van der Waals surface area contributed by atoms with Crippen molar-refractivity contribution < 1.29 is 5.11 Å². The zero-order chi connectivity index (χ0) is 7.40. The molecule has 0 bridgehead atoms. The van der Waals surface area contributed by atoms with Crippen molar-refractivity contribution in [3.63, 3.8) is 0 Å². The molecule has 0 aliphatic carbocycles. The lowest BCUT2D eigenvalue weighted by Crippen LogP contribution is -2.06. The molecule has 1 aromatic rings. The van der Waals surface area contributed by atoms with E-state index in [2.05, 4.69) is 10.1 Å². The molecule has 0 fully saturated rings. The highest BCUT2D eigenvalue weighted by Crippen LogP contribution is 1.91. The highest BCUT2D eigenvalue weighted by Gasteiger charge is 1.95. The predicted molar refractivity (Wildman–Crippen MR) is 36.3 cm³/mol. The average molecular weight is 141 g/mol. The van der Waals surface area contributed by atoms with Crippen molar-refractivity contribution in [3.8, 4) is 0 Å². The molecule has 1 atom stereocenters. The summed E-state index contributed by atoms with van der Waals surface area (Å²) in [5, 5.41) is 12.8. The molecule has 0 unspecified atom stereocenters. The quantitative estimate of drug-likeness (QED) is 0.647. The van der Waals surface area contributed by atoms with Gasteiger partial charge in [-0.25, -0.2) is 4.98 Å². The third kappa shape index (κ3) is 2.14. The molecule has 0 aliphatic heterocycles. The first-order chi connectivity index (χ1) is 4.79. The Kier molecular flexibility index (Phi) is 2.39. The van der Waals surface area contributed by atoms with Crippen LogP contribution in [0.3, 0.4) is 0 Å². The van der Waals surface area contributed by atoms with E-state index < -0.39 is 0 Å². The maximum absolute atomic E-state index is 8.89. The summed E-state index contributed by atoms with van der Waals surface area (Å²) >= 11 is 0. The molecular weight excluding hydrogens is 130 g/mol. The van der Waals surface area contributed by atoms with E-state index in [0.717, 1.165) is 13.0 Å². The Morgan fingerprint density at radius 3 is 3.00 bits per heavy atom. The topological polar surface area (TPSA) is 50.9 Å². The molecule has 0 saturated heterocycles. The summed E-state index contributed by atoms with van der Waals surface area (Å²) in [4.78, 5) is 3.77. The Hall–Kier alpha value is -0.900. The smallest absolute Gasteiger partial charge is 0.137 e. The van der Waals surface area contributed by atoms with Crippen LogP contribution in [0.25, 0.3) is 0 Å². The molecule has 1 aromatic heterocycles. The normalized spacial score (nSPS) is 13.4. The van der Waals surface area contributed by atoms with E-state index in [1.165, 1.54) is 6.33 Å². The Labute approximate surface area is 59.5 Å². The SMILES string of the molecule is C[C@H](O)CCn1cncn1. The van der Waals surface area contributed by atoms with E-state index in [9.17, 15) is 0 Å². The molecule has 1 rings (SSSR count). The average Bonchev–Trinajstić information content (AvgIpc) is 2.34. The number of aliphatic hydroxyl groups is 1. The van der Waals surface area contributed by atoms with E-state index in [0.29, 0.717) is 0 Å². The van der Waals surface area contributed by atoms with Gasteiger partial charge in [-0.2, -0.15) is 5.10 Å². The molecule has 0 aliphatic rings. The minimum Gasteiger partial charge on any atom is -0.393 e. The summed E-state index contributed by atoms with van der Waals surface area (Å²) in [6.07, 6.45) is 3.59. The Morgan fingerprint density at radius 1 is 1.70 bits per heavy atom. The van der Waals surface area contributed by atoms with Crippen LogP contribution in [0.4, 0.5) is 0 Å². The number of aliphatic hydroxyl groups excluding tert-OH is 1. The van der Waals surface area contributed by atoms with Crippen LogP contribution in [0.15, 0.2) is 12.7 Å². The van der Waals surface area contributed by atoms with Gasteiger partial charge in [0.05, 0.1) is 6.10 Å². The molecule has 4 heteroatoms. The molecule has 10 heavy (non-hydrogen) atoms. The first-order valence-corrected chi connectivity index (χ1v) is 3.29. The largest absolute Gasteiger partial charge is 0.393 e. The fourth-order valence-corrected chi connectivity index (χ4v) is 0.667. The maximum atomic E-state index is 8.89. The molecule has 0 spiro atoms. The summed E-state index contributed by atoms with van der Waals surface area (Å²) in [5.41, 5.74) is 0. The molecular formula is C6H11N3O. The maximum Gasteiger partial charge on any atom is 0.137 e. The van der Waals surface area contributed by atoms with E-state index >= 15 is 0 Å². The van der Waals surface area contributed by atoms with Crippen LogP contribution in [0.2, 0.25) is 0 Å². The molecule has 1 heterocycles. The second-order valence-corrected chi connectivity index (χ2v) is 2.30. The van der Waals surface area contributed by atoms with Gasteiger partial charge in [0.2, 0.25) is 0 Å². The van der Waals surface area contributed by atoms with Crippen LogP contribution < -0.4 is 0 Å². The van der Waals surface area contributed by atoms with Crippen molar-refractivity contribution >= 4 is 0 Å². The highest BCUT2D eigenvalue weighted by atomic mass is 16.3. The van der Waals surface area contributed by atoms with Gasteiger partial charge in [0.15, 0.2) is 0 Å². The van der Waals surface area contributed by atoms with Crippen LogP contribution >= 0.6 is 0 Å². The first-order valence-electron chi connectivity index (χ1n) is 3.29. The van der Waals surface area contributed by atoms with Gasteiger partial charge in [-0.15, -0.1) is 0 Å². The Balaban J connectivity index is 2.28. The fraction of sp³-hybridized carbons (Fsp3) is 0.667. The minimum absolute atomic E-state index is 0.260. The third-order valence-electron chi connectivity index (χ3n) is 1.24. The number of aryl methyl sites for hydroxylation is 1. The van der Waals surface area contributed by atoms with Crippen LogP contribution in [0.1, 0.15) is 13.3 Å². The van der Waals surface area contributed by atoms with Gasteiger partial charge in [-0.3, -0.25) is 4.68 Å². The lowest BCUT2D eigenvalue weighted by molar-refractivity contribution is 0.176. The van der Waals surface area contributed by atoms with Crippen molar-refractivity contribution in [2.75, 3.05) is 0 Å². The van der Waals surface area contributed by atoms with E-state index in [1.807, 2.05) is 0 Å². The molecule has 0 radical (unpaired) electrons. The van der Waals surface area contributed by atoms with Gasteiger partial charge in [0.1, 0.15) is 12.7 Å². The van der Waals surface area contributed by atoms with Gasteiger partial charge in [0.25, 0.3) is 0 Å². The number of hydrogen-bond donors (Lipinski definition) is 1. The van der Waals surface area contributed by atoms with Crippen molar-refractivity contribution in [1.82, 2.24) is 14.8 Å². The predicted octanol–water partition coefficient (Wildman–Crippen LogP) is 0.0490. The first kappa shape index (κ1) is 7.21. The van der Waals surface area contributed by atoms with Crippen LogP contribution in [0.5, 0.6) is 0 Å². The number of rotatable bonds is 3. The summed E-state index contributed by atoms with van der Waals surface area (Å²) in [6, 6.07) is 0. The summed E-state index contributed by atoms with van der Waals surface area (Å²) in [5.74, 6) is 0. The van der Waals surface area contributed by atoms with Crippen molar-refractivity contribution in [3.05, 3.63) is 12.7 Å². The van der Waals surface area contributed by atoms with E-state index in [-0.39, 0.29) is 6.10 Å². The van der Waals surface area contributed by atoms with Crippen molar-refractivity contribution in [1.29, 1.82) is 0 Å². The van der Waals surface area contributed by atoms with E-state index in [4.69, 9.17) is 5.11 Å². The van der Waals surface area contributed by atoms with Gasteiger partial charge >= 0.3 is 0 Å².